The molecule has 2 rings (SSSR count). The van der Waals surface area contributed by atoms with Crippen LogP contribution in [0.4, 0.5) is 0 Å². The molecule has 6 heteroatoms. The van der Waals surface area contributed by atoms with Crippen LogP contribution in [0.3, 0.4) is 0 Å². The fraction of sp³-hybridized carbons (Fsp3) is 0.385. The number of hydrogen-bond donors (Lipinski definition) is 3. The van der Waals surface area contributed by atoms with E-state index in [0.29, 0.717) is 24.3 Å². The molecule has 0 spiro atoms. The normalized spacial score (nSPS) is 21.9. The summed E-state index contributed by atoms with van der Waals surface area (Å²) in [6, 6.07) is 6.42. The summed E-state index contributed by atoms with van der Waals surface area (Å²) < 4.78 is 5.03. The fourth-order valence-corrected chi connectivity index (χ4v) is 2.07. The Morgan fingerprint density at radius 2 is 2.05 bits per heavy atom. The maximum absolute atomic E-state index is 12.0. The van der Waals surface area contributed by atoms with E-state index in [-0.39, 0.29) is 23.9 Å². The van der Waals surface area contributed by atoms with Gasteiger partial charge in [0, 0.05) is 18.2 Å². The molecule has 1 saturated heterocycles. The first-order valence-corrected chi connectivity index (χ1v) is 6.07. The molecule has 0 aliphatic carbocycles. The first kappa shape index (κ1) is 13.4. The van der Waals surface area contributed by atoms with Crippen LogP contribution >= 0.6 is 0 Å². The van der Waals surface area contributed by atoms with Crippen molar-refractivity contribution >= 4 is 11.8 Å². The molecular weight excluding hydrogens is 246 g/mol. The van der Waals surface area contributed by atoms with Crippen molar-refractivity contribution in [3.63, 3.8) is 0 Å². The van der Waals surface area contributed by atoms with Gasteiger partial charge in [-0.05, 0) is 30.7 Å². The Bertz CT molecular complexity index is 473. The summed E-state index contributed by atoms with van der Waals surface area (Å²) in [5, 5.41) is 5.84. The lowest BCUT2D eigenvalue weighted by atomic mass is 10.1. The highest BCUT2D eigenvalue weighted by Gasteiger charge is 2.28. The molecule has 0 radical (unpaired) electrons. The largest absolute Gasteiger partial charge is 0.497 e. The molecule has 2 amide bonds. The zero-order valence-electron chi connectivity index (χ0n) is 10.7. The van der Waals surface area contributed by atoms with Gasteiger partial charge in [-0.2, -0.15) is 0 Å². The van der Waals surface area contributed by atoms with Crippen LogP contribution in [0.1, 0.15) is 16.8 Å². The third kappa shape index (κ3) is 3.23. The number of nitrogens with two attached hydrogens (primary N) is 1. The Kier molecular flexibility index (Phi) is 4.01. The predicted octanol–water partition coefficient (Wildman–Crippen LogP) is -0.359. The zero-order valence-corrected chi connectivity index (χ0v) is 10.7. The third-order valence-electron chi connectivity index (χ3n) is 3.16. The molecule has 1 heterocycles. The molecule has 6 nitrogen and oxygen atoms in total. The quantitative estimate of drug-likeness (QED) is 0.691. The number of rotatable bonds is 4. The standard InChI is InChI=1S/C13H17N3O3/c1-19-10-4-2-8(3-5-10)13(18)16-9-6-11(12(14)17)15-7-9/h2-5,9,11,15H,6-7H2,1H3,(H2,14,17)(H,16,18). The Labute approximate surface area is 111 Å². The van der Waals surface area contributed by atoms with Crippen LogP contribution in [0.5, 0.6) is 5.75 Å². The van der Waals surface area contributed by atoms with Crippen LogP contribution in [0.25, 0.3) is 0 Å². The third-order valence-corrected chi connectivity index (χ3v) is 3.16. The van der Waals surface area contributed by atoms with Gasteiger partial charge in [0.25, 0.3) is 5.91 Å². The number of amides is 2. The van der Waals surface area contributed by atoms with Gasteiger partial charge in [-0.25, -0.2) is 0 Å². The van der Waals surface area contributed by atoms with Gasteiger partial charge >= 0.3 is 0 Å². The van der Waals surface area contributed by atoms with Crippen LogP contribution in [0.2, 0.25) is 0 Å². The topological polar surface area (TPSA) is 93.4 Å². The molecule has 1 aliphatic rings. The molecule has 2 unspecified atom stereocenters. The molecule has 2 atom stereocenters. The average Bonchev–Trinajstić information content (AvgIpc) is 2.87. The molecule has 1 aliphatic heterocycles. The monoisotopic (exact) mass is 263 g/mol. The molecule has 0 saturated carbocycles. The molecule has 4 N–H and O–H groups in total. The molecule has 0 aromatic heterocycles. The van der Waals surface area contributed by atoms with Crippen molar-refractivity contribution in [3.05, 3.63) is 29.8 Å². The maximum Gasteiger partial charge on any atom is 0.251 e. The van der Waals surface area contributed by atoms with Crippen molar-refractivity contribution in [2.45, 2.75) is 18.5 Å². The summed E-state index contributed by atoms with van der Waals surface area (Å²) >= 11 is 0. The van der Waals surface area contributed by atoms with Crippen molar-refractivity contribution in [1.82, 2.24) is 10.6 Å². The van der Waals surface area contributed by atoms with E-state index in [4.69, 9.17) is 10.5 Å². The van der Waals surface area contributed by atoms with E-state index in [1.165, 1.54) is 0 Å². The molecule has 0 bridgehead atoms. The smallest absolute Gasteiger partial charge is 0.251 e. The van der Waals surface area contributed by atoms with Crippen LogP contribution in [0, 0.1) is 0 Å². The Hall–Kier alpha value is -2.08. The van der Waals surface area contributed by atoms with E-state index in [9.17, 15) is 9.59 Å². The van der Waals surface area contributed by atoms with Gasteiger partial charge in [-0.3, -0.25) is 9.59 Å². The molecule has 19 heavy (non-hydrogen) atoms. The predicted molar refractivity (Wildman–Crippen MR) is 69.9 cm³/mol. The van der Waals surface area contributed by atoms with Crippen LogP contribution in [0.15, 0.2) is 24.3 Å². The SMILES string of the molecule is COc1ccc(C(=O)NC2CNC(C(N)=O)C2)cc1. The van der Waals surface area contributed by atoms with Crippen LogP contribution in [-0.4, -0.2) is 37.6 Å². The summed E-state index contributed by atoms with van der Waals surface area (Å²) in [5.74, 6) is 0.147. The number of ether oxygens (including phenoxy) is 1. The van der Waals surface area contributed by atoms with E-state index in [2.05, 4.69) is 10.6 Å². The van der Waals surface area contributed by atoms with E-state index in [1.54, 1.807) is 31.4 Å². The fourth-order valence-electron chi connectivity index (χ4n) is 2.07. The number of carbonyl (C=O) groups is 2. The summed E-state index contributed by atoms with van der Waals surface area (Å²) in [6.45, 7) is 0.551. The second-order valence-electron chi connectivity index (χ2n) is 4.50. The Morgan fingerprint density at radius 1 is 1.37 bits per heavy atom. The lowest BCUT2D eigenvalue weighted by molar-refractivity contribution is -0.119. The second-order valence-corrected chi connectivity index (χ2v) is 4.50. The number of methoxy groups -OCH3 is 1. The zero-order chi connectivity index (χ0) is 13.8. The summed E-state index contributed by atoms with van der Waals surface area (Å²) in [5.41, 5.74) is 5.76. The molecule has 1 fully saturated rings. The van der Waals surface area contributed by atoms with Gasteiger partial charge in [0.05, 0.1) is 13.2 Å². The second kappa shape index (κ2) is 5.71. The maximum atomic E-state index is 12.0. The molecule has 1 aromatic carbocycles. The van der Waals surface area contributed by atoms with Crippen molar-refractivity contribution in [1.29, 1.82) is 0 Å². The summed E-state index contributed by atoms with van der Waals surface area (Å²) in [6.07, 6.45) is 0.525. The lowest BCUT2D eigenvalue weighted by Gasteiger charge is -2.11. The highest BCUT2D eigenvalue weighted by Crippen LogP contribution is 2.12. The van der Waals surface area contributed by atoms with Gasteiger partial charge in [0.15, 0.2) is 0 Å². The minimum Gasteiger partial charge on any atom is -0.497 e. The van der Waals surface area contributed by atoms with E-state index < -0.39 is 0 Å². The molecular formula is C13H17N3O3. The Balaban J connectivity index is 1.92. The Morgan fingerprint density at radius 3 is 2.58 bits per heavy atom. The average molecular weight is 263 g/mol. The van der Waals surface area contributed by atoms with Gasteiger partial charge in [0.1, 0.15) is 5.75 Å². The number of carbonyl (C=O) groups excluding carboxylic acids is 2. The lowest BCUT2D eigenvalue weighted by Crippen LogP contribution is -2.36. The first-order chi connectivity index (χ1) is 9.10. The number of nitrogens with one attached hydrogen (secondary N) is 2. The van der Waals surface area contributed by atoms with Gasteiger partial charge in [-0.15, -0.1) is 0 Å². The number of benzene rings is 1. The molecule has 1 aromatic rings. The minimum absolute atomic E-state index is 0.0768. The molecule has 102 valence electrons. The number of primary amides is 1. The highest BCUT2D eigenvalue weighted by molar-refractivity contribution is 5.94. The van der Waals surface area contributed by atoms with Crippen LogP contribution in [-0.2, 0) is 4.79 Å². The van der Waals surface area contributed by atoms with E-state index >= 15 is 0 Å². The van der Waals surface area contributed by atoms with Crippen LogP contribution < -0.4 is 21.1 Å². The minimum atomic E-state index is -0.388. The summed E-state index contributed by atoms with van der Waals surface area (Å²) in [7, 11) is 1.57. The van der Waals surface area contributed by atoms with Gasteiger partial charge in [-0.1, -0.05) is 0 Å². The van der Waals surface area contributed by atoms with Gasteiger partial charge in [0.2, 0.25) is 5.91 Å². The first-order valence-electron chi connectivity index (χ1n) is 6.07. The summed E-state index contributed by atoms with van der Waals surface area (Å²) in [4.78, 5) is 23.0. The highest BCUT2D eigenvalue weighted by atomic mass is 16.5. The van der Waals surface area contributed by atoms with E-state index in [0.717, 1.165) is 0 Å². The van der Waals surface area contributed by atoms with Gasteiger partial charge < -0.3 is 21.1 Å². The van der Waals surface area contributed by atoms with Crippen molar-refractivity contribution in [2.75, 3.05) is 13.7 Å². The number of hydrogen-bond acceptors (Lipinski definition) is 4. The van der Waals surface area contributed by atoms with Crippen molar-refractivity contribution < 1.29 is 14.3 Å². The van der Waals surface area contributed by atoms with Crippen molar-refractivity contribution in [3.8, 4) is 5.75 Å². The van der Waals surface area contributed by atoms with Crippen molar-refractivity contribution in [2.24, 2.45) is 5.73 Å². The van der Waals surface area contributed by atoms with E-state index in [1.807, 2.05) is 0 Å².